The number of rotatable bonds is 5. The predicted molar refractivity (Wildman–Crippen MR) is 89.2 cm³/mol. The maximum absolute atomic E-state index is 11.0. The van der Waals surface area contributed by atoms with Gasteiger partial charge in [-0.1, -0.05) is 43.5 Å². The van der Waals surface area contributed by atoms with Gasteiger partial charge >= 0.3 is 0 Å². The second-order valence-electron chi connectivity index (χ2n) is 4.21. The van der Waals surface area contributed by atoms with Crippen LogP contribution in [0, 0.1) is 10.1 Å². The second kappa shape index (κ2) is 7.24. The van der Waals surface area contributed by atoms with E-state index in [1.807, 2.05) is 12.1 Å². The first-order valence-corrected chi connectivity index (χ1v) is 8.20. The summed E-state index contributed by atoms with van der Waals surface area (Å²) in [6, 6.07) is 10.1. The lowest BCUT2D eigenvalue weighted by Gasteiger charge is -2.09. The normalized spacial score (nSPS) is 10.4. The topological polar surface area (TPSA) is 52.4 Å². The molecule has 0 saturated heterocycles. The van der Waals surface area contributed by atoms with Gasteiger partial charge in [-0.05, 0) is 35.9 Å². The van der Waals surface area contributed by atoms with Gasteiger partial charge in [0.05, 0.1) is 10.5 Å². The van der Waals surface area contributed by atoms with Gasteiger partial charge in [-0.3, -0.25) is 10.1 Å². The van der Waals surface area contributed by atoms with Crippen LogP contribution in [0.3, 0.4) is 0 Å². The summed E-state index contributed by atoms with van der Waals surface area (Å²) in [5, 5.41) is 12.0. The molecule has 0 bridgehead atoms. The first-order chi connectivity index (χ1) is 10.0. The zero-order valence-electron chi connectivity index (χ0n) is 10.7. The molecule has 0 amide bonds. The highest BCUT2D eigenvalue weighted by Crippen LogP contribution is 2.27. The Hall–Kier alpha value is -1.11. The predicted octanol–water partition coefficient (Wildman–Crippen LogP) is 5.48. The van der Waals surface area contributed by atoms with Crippen LogP contribution in [-0.2, 0) is 11.9 Å². The Balaban J connectivity index is 2.18. The van der Waals surface area contributed by atoms with Crippen molar-refractivity contribution in [3.8, 4) is 5.75 Å². The minimum atomic E-state index is -0.462. The molecule has 0 unspecified atom stereocenters. The molecule has 21 heavy (non-hydrogen) atoms. The highest BCUT2D eigenvalue weighted by molar-refractivity contribution is 9.10. The van der Waals surface area contributed by atoms with Crippen LogP contribution >= 0.6 is 43.5 Å². The van der Waals surface area contributed by atoms with E-state index in [1.54, 1.807) is 18.2 Å². The molecule has 0 atom stereocenters. The molecule has 0 aliphatic heterocycles. The van der Waals surface area contributed by atoms with Crippen molar-refractivity contribution in [2.24, 2.45) is 0 Å². The standard InChI is InChI=1S/C14H10Br2ClNO3/c15-7-10-5-12(3-4-13(10)16)21-8-9-1-2-11(17)6-14(9)18(19)20/h1-6H,7-8H2. The fourth-order valence-electron chi connectivity index (χ4n) is 1.73. The number of hydrogen-bond acceptors (Lipinski definition) is 3. The van der Waals surface area contributed by atoms with E-state index in [4.69, 9.17) is 16.3 Å². The van der Waals surface area contributed by atoms with Crippen molar-refractivity contribution in [1.82, 2.24) is 0 Å². The van der Waals surface area contributed by atoms with Crippen LogP contribution in [0.1, 0.15) is 11.1 Å². The van der Waals surface area contributed by atoms with E-state index < -0.39 is 4.92 Å². The average Bonchev–Trinajstić information content (AvgIpc) is 2.47. The lowest BCUT2D eigenvalue weighted by atomic mass is 10.2. The maximum atomic E-state index is 11.0. The Morgan fingerprint density at radius 1 is 1.19 bits per heavy atom. The zero-order chi connectivity index (χ0) is 15.4. The third kappa shape index (κ3) is 4.18. The summed E-state index contributed by atoms with van der Waals surface area (Å²) in [7, 11) is 0. The molecule has 0 aliphatic rings. The van der Waals surface area contributed by atoms with Gasteiger partial charge in [0.2, 0.25) is 0 Å². The maximum Gasteiger partial charge on any atom is 0.277 e. The molecule has 0 aromatic heterocycles. The molecule has 2 aromatic carbocycles. The van der Waals surface area contributed by atoms with Crippen LogP contribution < -0.4 is 4.74 Å². The van der Waals surface area contributed by atoms with E-state index in [0.717, 1.165) is 10.0 Å². The monoisotopic (exact) mass is 433 g/mol. The van der Waals surface area contributed by atoms with Gasteiger partial charge in [-0.15, -0.1) is 0 Å². The summed E-state index contributed by atoms with van der Waals surface area (Å²) < 4.78 is 6.61. The Labute approximate surface area is 143 Å². The number of alkyl halides is 1. The smallest absolute Gasteiger partial charge is 0.277 e. The highest BCUT2D eigenvalue weighted by Gasteiger charge is 2.14. The van der Waals surface area contributed by atoms with Crippen molar-refractivity contribution in [3.05, 3.63) is 67.1 Å². The average molecular weight is 435 g/mol. The van der Waals surface area contributed by atoms with Crippen molar-refractivity contribution in [2.75, 3.05) is 0 Å². The van der Waals surface area contributed by atoms with Gasteiger partial charge in [-0.2, -0.15) is 0 Å². The van der Waals surface area contributed by atoms with Crippen molar-refractivity contribution in [3.63, 3.8) is 0 Å². The molecular formula is C14H10Br2ClNO3. The van der Waals surface area contributed by atoms with Gasteiger partial charge in [0, 0.05) is 20.9 Å². The van der Waals surface area contributed by atoms with Crippen LogP contribution in [-0.4, -0.2) is 4.92 Å². The van der Waals surface area contributed by atoms with E-state index in [9.17, 15) is 10.1 Å². The van der Waals surface area contributed by atoms with Crippen LogP contribution in [0.25, 0.3) is 0 Å². The van der Waals surface area contributed by atoms with Crippen LogP contribution in [0.15, 0.2) is 40.9 Å². The van der Waals surface area contributed by atoms with Gasteiger partial charge in [0.1, 0.15) is 12.4 Å². The van der Waals surface area contributed by atoms with Gasteiger partial charge < -0.3 is 4.74 Å². The van der Waals surface area contributed by atoms with Crippen LogP contribution in [0.5, 0.6) is 5.75 Å². The second-order valence-corrected chi connectivity index (χ2v) is 6.06. The Morgan fingerprint density at radius 3 is 2.62 bits per heavy atom. The number of hydrogen-bond donors (Lipinski definition) is 0. The SMILES string of the molecule is O=[N+]([O-])c1cc(Cl)ccc1COc1ccc(Br)c(CBr)c1. The van der Waals surface area contributed by atoms with E-state index >= 15 is 0 Å². The van der Waals surface area contributed by atoms with Crippen molar-refractivity contribution >= 4 is 49.1 Å². The molecule has 2 aromatic rings. The summed E-state index contributed by atoms with van der Waals surface area (Å²) in [5.74, 6) is 0.650. The Morgan fingerprint density at radius 2 is 1.95 bits per heavy atom. The molecule has 0 aliphatic carbocycles. The molecule has 0 spiro atoms. The molecule has 0 N–H and O–H groups in total. The number of nitrogens with zero attached hydrogens (tertiary/aromatic N) is 1. The summed E-state index contributed by atoms with van der Waals surface area (Å²) in [4.78, 5) is 10.5. The molecular weight excluding hydrogens is 425 g/mol. The zero-order valence-corrected chi connectivity index (χ0v) is 14.6. The third-order valence-electron chi connectivity index (χ3n) is 2.80. The Bertz CT molecular complexity index is 679. The van der Waals surface area contributed by atoms with E-state index in [1.165, 1.54) is 6.07 Å². The van der Waals surface area contributed by atoms with E-state index in [-0.39, 0.29) is 12.3 Å². The highest BCUT2D eigenvalue weighted by atomic mass is 79.9. The molecule has 110 valence electrons. The lowest BCUT2D eigenvalue weighted by Crippen LogP contribution is -2.01. The van der Waals surface area contributed by atoms with Crippen LogP contribution in [0.2, 0.25) is 5.02 Å². The fourth-order valence-corrected chi connectivity index (χ4v) is 3.13. The summed E-state index contributed by atoms with van der Waals surface area (Å²) in [6.07, 6.45) is 0. The summed E-state index contributed by atoms with van der Waals surface area (Å²) >= 11 is 12.6. The molecule has 0 fully saturated rings. The van der Waals surface area contributed by atoms with Crippen molar-refractivity contribution < 1.29 is 9.66 Å². The van der Waals surface area contributed by atoms with Crippen LogP contribution in [0.4, 0.5) is 5.69 Å². The van der Waals surface area contributed by atoms with Gasteiger partial charge in [0.25, 0.3) is 5.69 Å². The summed E-state index contributed by atoms with van der Waals surface area (Å²) in [6.45, 7) is 0.108. The minimum absolute atomic E-state index is 0.0414. The van der Waals surface area contributed by atoms with Crippen molar-refractivity contribution in [2.45, 2.75) is 11.9 Å². The van der Waals surface area contributed by atoms with Crippen molar-refractivity contribution in [1.29, 1.82) is 0 Å². The number of nitro benzene ring substituents is 1. The quantitative estimate of drug-likeness (QED) is 0.355. The van der Waals surface area contributed by atoms with E-state index in [2.05, 4.69) is 31.9 Å². The number of halogens is 3. The molecule has 0 saturated carbocycles. The molecule has 4 nitrogen and oxygen atoms in total. The minimum Gasteiger partial charge on any atom is -0.489 e. The fraction of sp³-hybridized carbons (Fsp3) is 0.143. The lowest BCUT2D eigenvalue weighted by molar-refractivity contribution is -0.385. The van der Waals surface area contributed by atoms with Gasteiger partial charge in [0.15, 0.2) is 0 Å². The van der Waals surface area contributed by atoms with Gasteiger partial charge in [-0.25, -0.2) is 0 Å². The molecule has 0 heterocycles. The number of benzene rings is 2. The van der Waals surface area contributed by atoms with E-state index in [0.29, 0.717) is 21.7 Å². The Kier molecular flexibility index (Phi) is 5.61. The first-order valence-electron chi connectivity index (χ1n) is 5.91. The molecule has 2 rings (SSSR count). The first kappa shape index (κ1) is 16.3. The third-order valence-corrected chi connectivity index (χ3v) is 4.41. The molecule has 7 heteroatoms. The largest absolute Gasteiger partial charge is 0.489 e. The molecule has 0 radical (unpaired) electrons. The summed E-state index contributed by atoms with van der Waals surface area (Å²) in [5.41, 5.74) is 1.48. The number of ether oxygens (including phenoxy) is 1. The number of nitro groups is 1.